The Kier molecular flexibility index (Phi) is 7.11. The van der Waals surface area contributed by atoms with Gasteiger partial charge < -0.3 is 13.3 Å². The molecule has 1 unspecified atom stereocenters. The number of alkyl halides is 4. The molecule has 0 aromatic carbocycles. The van der Waals surface area contributed by atoms with Crippen LogP contribution < -0.4 is 0 Å². The first-order valence-electron chi connectivity index (χ1n) is 4.95. The molecule has 0 N–H and O–H groups in total. The van der Waals surface area contributed by atoms with E-state index in [1.165, 1.54) is 20.8 Å². The minimum absolute atomic E-state index is 0.0263. The van der Waals surface area contributed by atoms with E-state index in [-0.39, 0.29) is 19.8 Å². The molecule has 0 spiro atoms. The Balaban J connectivity index is 5.12. The molecule has 16 heavy (non-hydrogen) atoms. The zero-order valence-electron chi connectivity index (χ0n) is 9.44. The first-order valence-corrected chi connectivity index (χ1v) is 7.59. The lowest BCUT2D eigenvalue weighted by molar-refractivity contribution is -0.0686. The van der Waals surface area contributed by atoms with E-state index in [1.54, 1.807) is 0 Å². The van der Waals surface area contributed by atoms with E-state index in [1.807, 2.05) is 0 Å². The summed E-state index contributed by atoms with van der Waals surface area (Å²) < 4.78 is 55.0. The summed E-state index contributed by atoms with van der Waals surface area (Å²) in [7, 11) is -4.34. The zero-order chi connectivity index (χ0) is 12.8. The molecule has 0 aromatic heterocycles. The van der Waals surface area contributed by atoms with Gasteiger partial charge in [0.25, 0.3) is 0 Å². The van der Waals surface area contributed by atoms with Crippen molar-refractivity contribution in [2.45, 2.75) is 31.4 Å². The van der Waals surface area contributed by atoms with Crippen molar-refractivity contribution in [1.29, 1.82) is 0 Å². The second-order valence-electron chi connectivity index (χ2n) is 2.78. The largest absolute Gasteiger partial charge is 0.579 e. The summed E-state index contributed by atoms with van der Waals surface area (Å²) >= 11 is 2.22. The summed E-state index contributed by atoms with van der Waals surface area (Å²) in [4.78, 5) is 0. The van der Waals surface area contributed by atoms with Gasteiger partial charge in [0, 0.05) is 19.8 Å². The molecule has 8 heteroatoms. The van der Waals surface area contributed by atoms with E-state index in [4.69, 9.17) is 13.3 Å². The Morgan fingerprint density at radius 1 is 1.06 bits per heavy atom. The highest BCUT2D eigenvalue weighted by Crippen LogP contribution is 2.37. The summed E-state index contributed by atoms with van der Waals surface area (Å²) in [5.74, 6) is 0. The van der Waals surface area contributed by atoms with Gasteiger partial charge in [-0.2, -0.15) is 8.78 Å². The molecular formula is C8H16BrF3O3Si. The summed E-state index contributed by atoms with van der Waals surface area (Å²) in [5.41, 5.74) is -3.81. The van der Waals surface area contributed by atoms with E-state index in [0.29, 0.717) is 0 Å². The van der Waals surface area contributed by atoms with Crippen LogP contribution in [0.2, 0.25) is 0 Å². The second kappa shape index (κ2) is 6.95. The Hall–Kier alpha value is 0.367. The SMILES string of the molecule is CCO[Si](OCC)(OCC)C(F)(F)C(F)Br. The molecule has 0 radical (unpaired) electrons. The first-order chi connectivity index (χ1) is 7.38. The van der Waals surface area contributed by atoms with Gasteiger partial charge >= 0.3 is 14.4 Å². The van der Waals surface area contributed by atoms with Gasteiger partial charge in [0.2, 0.25) is 5.08 Å². The second-order valence-corrected chi connectivity index (χ2v) is 6.23. The van der Waals surface area contributed by atoms with Gasteiger partial charge in [-0.15, -0.1) is 0 Å². The molecule has 0 saturated heterocycles. The molecule has 0 fully saturated rings. The van der Waals surface area contributed by atoms with Crippen LogP contribution in [0, 0.1) is 0 Å². The third kappa shape index (κ3) is 3.43. The van der Waals surface area contributed by atoms with Crippen LogP contribution in [0.15, 0.2) is 0 Å². The fraction of sp³-hybridized carbons (Fsp3) is 1.00. The van der Waals surface area contributed by atoms with Crippen molar-refractivity contribution in [3.05, 3.63) is 0 Å². The molecule has 0 heterocycles. The average molecular weight is 325 g/mol. The molecule has 98 valence electrons. The van der Waals surface area contributed by atoms with Gasteiger partial charge in [0.05, 0.1) is 0 Å². The third-order valence-corrected chi connectivity index (χ3v) is 5.76. The maximum atomic E-state index is 13.7. The van der Waals surface area contributed by atoms with Crippen LogP contribution in [0.25, 0.3) is 0 Å². The normalized spacial score (nSPS) is 15.2. The standard InChI is InChI=1S/C8H16BrF3O3Si/c1-4-13-16(14-5-2,15-6-3)8(11,12)7(9)10/h7H,4-6H2,1-3H3. The quantitative estimate of drug-likeness (QED) is 0.507. The van der Waals surface area contributed by atoms with Crippen molar-refractivity contribution in [2.75, 3.05) is 19.8 Å². The van der Waals surface area contributed by atoms with E-state index >= 15 is 0 Å². The summed E-state index contributed by atoms with van der Waals surface area (Å²) in [6, 6.07) is 0. The predicted molar refractivity (Wildman–Crippen MR) is 59.4 cm³/mol. The maximum Gasteiger partial charge on any atom is 0.579 e. The lowest BCUT2D eigenvalue weighted by Crippen LogP contribution is -2.63. The lowest BCUT2D eigenvalue weighted by atomic mass is 10.8. The average Bonchev–Trinajstić information content (AvgIpc) is 2.18. The van der Waals surface area contributed by atoms with Crippen molar-refractivity contribution in [3.63, 3.8) is 0 Å². The van der Waals surface area contributed by atoms with Crippen LogP contribution in [0.3, 0.4) is 0 Å². The van der Waals surface area contributed by atoms with Crippen molar-refractivity contribution >= 4 is 24.7 Å². The molecule has 0 bridgehead atoms. The molecule has 1 atom stereocenters. The Bertz CT molecular complexity index is 190. The van der Waals surface area contributed by atoms with Gasteiger partial charge in [-0.05, 0) is 36.7 Å². The van der Waals surface area contributed by atoms with Crippen LogP contribution in [-0.2, 0) is 13.3 Å². The van der Waals surface area contributed by atoms with Gasteiger partial charge in [0.15, 0.2) is 0 Å². The topological polar surface area (TPSA) is 27.7 Å². The Morgan fingerprint density at radius 2 is 1.38 bits per heavy atom. The molecule has 0 aliphatic rings. The molecule has 0 aliphatic heterocycles. The third-order valence-electron chi connectivity index (χ3n) is 1.69. The van der Waals surface area contributed by atoms with Crippen LogP contribution in [0.1, 0.15) is 20.8 Å². The summed E-state index contributed by atoms with van der Waals surface area (Å²) in [6.45, 7) is 4.50. The number of hydrogen-bond donors (Lipinski definition) is 0. The molecule has 0 rings (SSSR count). The minimum Gasteiger partial charge on any atom is -0.370 e. The summed E-state index contributed by atoms with van der Waals surface area (Å²) in [6.07, 6.45) is 0. The summed E-state index contributed by atoms with van der Waals surface area (Å²) in [5, 5.41) is -2.56. The van der Waals surface area contributed by atoms with Crippen molar-refractivity contribution < 1.29 is 26.4 Å². The molecule has 0 aromatic rings. The van der Waals surface area contributed by atoms with E-state index < -0.39 is 19.4 Å². The highest BCUT2D eigenvalue weighted by atomic mass is 79.9. The van der Waals surface area contributed by atoms with Crippen LogP contribution in [0.4, 0.5) is 13.2 Å². The van der Waals surface area contributed by atoms with Gasteiger partial charge in [-0.25, -0.2) is 4.39 Å². The van der Waals surface area contributed by atoms with Gasteiger partial charge in [-0.1, -0.05) is 0 Å². The highest BCUT2D eigenvalue weighted by molar-refractivity contribution is 9.09. The minimum atomic E-state index is -4.34. The van der Waals surface area contributed by atoms with Crippen molar-refractivity contribution in [1.82, 2.24) is 0 Å². The molecule has 0 saturated carbocycles. The van der Waals surface area contributed by atoms with E-state index in [9.17, 15) is 13.2 Å². The van der Waals surface area contributed by atoms with E-state index in [0.717, 1.165) is 0 Å². The highest BCUT2D eigenvalue weighted by Gasteiger charge is 2.68. The zero-order valence-corrected chi connectivity index (χ0v) is 12.0. The Morgan fingerprint density at radius 3 is 1.56 bits per heavy atom. The van der Waals surface area contributed by atoms with Gasteiger partial charge in [0.1, 0.15) is 0 Å². The maximum absolute atomic E-state index is 13.7. The fourth-order valence-electron chi connectivity index (χ4n) is 1.12. The van der Waals surface area contributed by atoms with Crippen molar-refractivity contribution in [3.8, 4) is 0 Å². The smallest absolute Gasteiger partial charge is 0.370 e. The first kappa shape index (κ1) is 16.4. The number of hydrogen-bond acceptors (Lipinski definition) is 3. The molecule has 0 amide bonds. The number of rotatable bonds is 8. The van der Waals surface area contributed by atoms with Crippen LogP contribution >= 0.6 is 15.9 Å². The monoisotopic (exact) mass is 324 g/mol. The van der Waals surface area contributed by atoms with Crippen molar-refractivity contribution in [2.24, 2.45) is 0 Å². The molecule has 0 aliphatic carbocycles. The number of halogens is 4. The lowest BCUT2D eigenvalue weighted by Gasteiger charge is -2.34. The van der Waals surface area contributed by atoms with Crippen LogP contribution in [-0.4, -0.2) is 39.3 Å². The van der Waals surface area contributed by atoms with Crippen LogP contribution in [0.5, 0.6) is 0 Å². The predicted octanol–water partition coefficient (Wildman–Crippen LogP) is 2.90. The fourth-order valence-corrected chi connectivity index (χ4v) is 4.19. The molecule has 3 nitrogen and oxygen atoms in total. The molecular weight excluding hydrogens is 309 g/mol. The Labute approximate surface area is 103 Å². The van der Waals surface area contributed by atoms with Gasteiger partial charge in [-0.3, -0.25) is 0 Å². The van der Waals surface area contributed by atoms with E-state index in [2.05, 4.69) is 15.9 Å².